The predicted octanol–water partition coefficient (Wildman–Crippen LogP) is 5.59. The molecular weight excluding hydrogens is 430 g/mol. The van der Waals surface area contributed by atoms with Gasteiger partial charge in [0.1, 0.15) is 5.75 Å². The fraction of sp³-hybridized carbons (Fsp3) is 0.333. The first-order valence-corrected chi connectivity index (χ1v) is 11.8. The van der Waals surface area contributed by atoms with E-state index in [4.69, 9.17) is 14.2 Å². The minimum absolute atomic E-state index is 0.248. The molecule has 3 aromatic rings. The van der Waals surface area contributed by atoms with Crippen LogP contribution in [0.25, 0.3) is 0 Å². The fourth-order valence-corrected chi connectivity index (χ4v) is 3.87. The summed E-state index contributed by atoms with van der Waals surface area (Å²) in [7, 11) is 0. The van der Waals surface area contributed by atoms with Crippen LogP contribution in [0, 0.1) is 0 Å². The smallest absolute Gasteiger partial charge is 0.315 e. The molecule has 0 saturated heterocycles. The molecule has 1 fully saturated rings. The predicted molar refractivity (Wildman–Crippen MR) is 130 cm³/mol. The highest BCUT2D eigenvalue weighted by Crippen LogP contribution is 2.30. The molecule has 0 radical (unpaired) electrons. The summed E-state index contributed by atoms with van der Waals surface area (Å²) >= 11 is 0. The van der Waals surface area contributed by atoms with Gasteiger partial charge in [-0.2, -0.15) is 0 Å². The van der Waals surface area contributed by atoms with Crippen LogP contribution in [0.5, 0.6) is 23.1 Å². The highest BCUT2D eigenvalue weighted by atomic mass is 16.5. The van der Waals surface area contributed by atoms with E-state index < -0.39 is 0 Å². The minimum atomic E-state index is -0.248. The van der Waals surface area contributed by atoms with Crippen molar-refractivity contribution in [2.45, 2.75) is 51.8 Å². The average molecular weight is 462 g/mol. The number of benzene rings is 2. The van der Waals surface area contributed by atoms with Crippen molar-refractivity contribution < 1.29 is 19.0 Å². The number of urea groups is 1. The first-order valence-electron chi connectivity index (χ1n) is 11.8. The van der Waals surface area contributed by atoms with Gasteiger partial charge in [0.25, 0.3) is 0 Å². The monoisotopic (exact) mass is 461 g/mol. The van der Waals surface area contributed by atoms with E-state index >= 15 is 0 Å². The summed E-state index contributed by atoms with van der Waals surface area (Å²) < 4.78 is 17.6. The van der Waals surface area contributed by atoms with Crippen molar-refractivity contribution in [3.8, 4) is 23.1 Å². The van der Waals surface area contributed by atoms with Gasteiger partial charge in [0, 0.05) is 30.9 Å². The Hall–Kier alpha value is -3.74. The summed E-state index contributed by atoms with van der Waals surface area (Å²) in [6, 6.07) is 18.7. The third kappa shape index (κ3) is 6.63. The second-order valence-electron chi connectivity index (χ2n) is 8.15. The lowest BCUT2D eigenvalue weighted by molar-refractivity contribution is 0.207. The summed E-state index contributed by atoms with van der Waals surface area (Å²) in [4.78, 5) is 16.7. The lowest BCUT2D eigenvalue weighted by Gasteiger charge is -2.17. The van der Waals surface area contributed by atoms with Gasteiger partial charge in [0.2, 0.25) is 5.88 Å². The van der Waals surface area contributed by atoms with Crippen molar-refractivity contribution in [3.63, 3.8) is 0 Å². The Morgan fingerprint density at radius 3 is 2.35 bits per heavy atom. The molecule has 0 atom stereocenters. The molecule has 1 saturated carbocycles. The third-order valence-corrected chi connectivity index (χ3v) is 5.62. The van der Waals surface area contributed by atoms with Gasteiger partial charge in [-0.25, -0.2) is 9.78 Å². The molecule has 4 rings (SSSR count). The molecule has 1 heterocycles. The van der Waals surface area contributed by atoms with Crippen LogP contribution in [0.4, 0.5) is 4.79 Å². The Bertz CT molecular complexity index is 1070. The normalized spacial score (nSPS) is 13.3. The van der Waals surface area contributed by atoms with Crippen LogP contribution in [0.15, 0.2) is 66.9 Å². The zero-order chi connectivity index (χ0) is 23.6. The standard InChI is InChI=1S/C27H31N3O4/c1-2-32-24-13-7-8-14-25(24)34-26-16-15-20(17-28-26)18-29-27(31)30-19-21-9-3-6-12-23(21)33-22-10-4-5-11-22/h3,6-9,12-17,22H,2,4-5,10-11,18-19H2,1H3,(H2,29,30,31). The maximum Gasteiger partial charge on any atom is 0.315 e. The van der Waals surface area contributed by atoms with E-state index in [9.17, 15) is 4.79 Å². The average Bonchev–Trinajstić information content (AvgIpc) is 3.38. The summed E-state index contributed by atoms with van der Waals surface area (Å²) in [5.41, 5.74) is 1.84. The first kappa shape index (κ1) is 23.4. The highest BCUT2D eigenvalue weighted by Gasteiger charge is 2.18. The summed E-state index contributed by atoms with van der Waals surface area (Å²) in [6.07, 6.45) is 6.59. The number of amides is 2. The maximum atomic E-state index is 12.3. The van der Waals surface area contributed by atoms with E-state index in [-0.39, 0.29) is 12.1 Å². The van der Waals surface area contributed by atoms with Crippen LogP contribution in [-0.4, -0.2) is 23.7 Å². The van der Waals surface area contributed by atoms with Crippen LogP contribution >= 0.6 is 0 Å². The molecule has 1 aromatic heterocycles. The van der Waals surface area contributed by atoms with Crippen molar-refractivity contribution in [2.75, 3.05) is 6.61 Å². The minimum Gasteiger partial charge on any atom is -0.490 e. The van der Waals surface area contributed by atoms with Crippen LogP contribution in [0.2, 0.25) is 0 Å². The molecule has 34 heavy (non-hydrogen) atoms. The second kappa shape index (κ2) is 11.9. The third-order valence-electron chi connectivity index (χ3n) is 5.62. The number of pyridine rings is 1. The van der Waals surface area contributed by atoms with Gasteiger partial charge in [-0.1, -0.05) is 36.4 Å². The molecule has 1 aliphatic rings. The largest absolute Gasteiger partial charge is 0.490 e. The molecule has 7 heteroatoms. The van der Waals surface area contributed by atoms with Crippen LogP contribution in [0.3, 0.4) is 0 Å². The summed E-state index contributed by atoms with van der Waals surface area (Å²) in [6.45, 7) is 3.24. The molecule has 2 N–H and O–H groups in total. The molecule has 178 valence electrons. The van der Waals surface area contributed by atoms with Crippen LogP contribution in [0.1, 0.15) is 43.7 Å². The molecule has 0 unspecified atom stereocenters. The van der Waals surface area contributed by atoms with Crippen molar-refractivity contribution in [3.05, 3.63) is 78.0 Å². The van der Waals surface area contributed by atoms with Gasteiger partial charge >= 0.3 is 6.03 Å². The number of rotatable bonds is 10. The number of aromatic nitrogens is 1. The van der Waals surface area contributed by atoms with Gasteiger partial charge in [0.15, 0.2) is 11.5 Å². The molecular formula is C27H31N3O4. The Kier molecular flexibility index (Phi) is 8.22. The fourth-order valence-electron chi connectivity index (χ4n) is 3.87. The first-order chi connectivity index (χ1) is 16.7. The van der Waals surface area contributed by atoms with E-state index in [0.29, 0.717) is 37.1 Å². The van der Waals surface area contributed by atoms with Crippen molar-refractivity contribution >= 4 is 6.03 Å². The summed E-state index contributed by atoms with van der Waals surface area (Å²) in [5.74, 6) is 2.59. The maximum absolute atomic E-state index is 12.3. The Morgan fingerprint density at radius 2 is 1.62 bits per heavy atom. The molecule has 0 bridgehead atoms. The Labute approximate surface area is 200 Å². The number of nitrogens with zero attached hydrogens (tertiary/aromatic N) is 1. The zero-order valence-electron chi connectivity index (χ0n) is 19.5. The van der Waals surface area contributed by atoms with Crippen molar-refractivity contribution in [1.82, 2.24) is 15.6 Å². The van der Waals surface area contributed by atoms with Crippen molar-refractivity contribution in [2.24, 2.45) is 0 Å². The van der Waals surface area contributed by atoms with Gasteiger partial charge < -0.3 is 24.8 Å². The SMILES string of the molecule is CCOc1ccccc1Oc1ccc(CNC(=O)NCc2ccccc2OC2CCCC2)cn1. The number of ether oxygens (including phenoxy) is 3. The number of hydrogen-bond donors (Lipinski definition) is 2. The van der Waals surface area contributed by atoms with E-state index in [0.717, 1.165) is 29.7 Å². The van der Waals surface area contributed by atoms with Crippen molar-refractivity contribution in [1.29, 1.82) is 0 Å². The van der Waals surface area contributed by atoms with Gasteiger partial charge in [-0.05, 0) is 56.4 Å². The van der Waals surface area contributed by atoms with E-state index in [1.165, 1.54) is 12.8 Å². The molecule has 1 aliphatic carbocycles. The number of nitrogens with one attached hydrogen (secondary N) is 2. The number of para-hydroxylation sites is 3. The van der Waals surface area contributed by atoms with E-state index in [1.54, 1.807) is 12.3 Å². The Morgan fingerprint density at radius 1 is 0.912 bits per heavy atom. The number of carbonyl (C=O) groups is 1. The second-order valence-corrected chi connectivity index (χ2v) is 8.15. The number of carbonyl (C=O) groups excluding carboxylic acids is 1. The Balaban J connectivity index is 1.25. The number of hydrogen-bond acceptors (Lipinski definition) is 5. The molecule has 2 aromatic carbocycles. The zero-order valence-corrected chi connectivity index (χ0v) is 19.5. The lowest BCUT2D eigenvalue weighted by atomic mass is 10.2. The molecule has 0 aliphatic heterocycles. The molecule has 7 nitrogen and oxygen atoms in total. The van der Waals surface area contributed by atoms with Crippen LogP contribution in [-0.2, 0) is 13.1 Å². The van der Waals surface area contributed by atoms with E-state index in [1.807, 2.05) is 61.5 Å². The highest BCUT2D eigenvalue weighted by molar-refractivity contribution is 5.73. The van der Waals surface area contributed by atoms with Gasteiger partial charge in [-0.3, -0.25) is 0 Å². The van der Waals surface area contributed by atoms with Crippen LogP contribution < -0.4 is 24.8 Å². The van der Waals surface area contributed by atoms with Gasteiger partial charge in [-0.15, -0.1) is 0 Å². The van der Waals surface area contributed by atoms with Gasteiger partial charge in [0.05, 0.1) is 12.7 Å². The lowest BCUT2D eigenvalue weighted by Crippen LogP contribution is -2.34. The molecule has 0 spiro atoms. The molecule has 2 amide bonds. The van der Waals surface area contributed by atoms with E-state index in [2.05, 4.69) is 15.6 Å². The topological polar surface area (TPSA) is 81.7 Å². The summed E-state index contributed by atoms with van der Waals surface area (Å²) in [5, 5.41) is 5.77. The quantitative estimate of drug-likeness (QED) is 0.411.